The van der Waals surface area contributed by atoms with Gasteiger partial charge in [0.1, 0.15) is 5.75 Å². The Labute approximate surface area is 105 Å². The van der Waals surface area contributed by atoms with Crippen molar-refractivity contribution in [2.75, 3.05) is 13.7 Å². The van der Waals surface area contributed by atoms with Crippen LogP contribution >= 0.6 is 15.9 Å². The van der Waals surface area contributed by atoms with Gasteiger partial charge in [-0.05, 0) is 35.8 Å². The zero-order chi connectivity index (χ0) is 12.2. The number of benzene rings is 1. The van der Waals surface area contributed by atoms with Crippen molar-refractivity contribution < 1.29 is 9.84 Å². The number of ether oxygens (including phenoxy) is 1. The fourth-order valence-corrected chi connectivity index (χ4v) is 1.68. The van der Waals surface area contributed by atoms with Gasteiger partial charge < -0.3 is 15.2 Å². The summed E-state index contributed by atoms with van der Waals surface area (Å²) in [6, 6.07) is 5.62. The summed E-state index contributed by atoms with van der Waals surface area (Å²) in [6.45, 7) is 5.38. The fraction of sp³-hybridized carbons (Fsp3) is 0.500. The average Bonchev–Trinajstić information content (AvgIpc) is 2.24. The molecule has 0 atom stereocenters. The summed E-state index contributed by atoms with van der Waals surface area (Å²) in [5, 5.41) is 13.0. The van der Waals surface area contributed by atoms with E-state index in [-0.39, 0.29) is 5.60 Å². The lowest BCUT2D eigenvalue weighted by molar-refractivity contribution is 0.0230. The molecular weight excluding hydrogens is 270 g/mol. The molecule has 16 heavy (non-hydrogen) atoms. The van der Waals surface area contributed by atoms with Crippen molar-refractivity contribution in [2.45, 2.75) is 26.0 Å². The Bertz CT molecular complexity index is 353. The molecule has 0 fully saturated rings. The van der Waals surface area contributed by atoms with E-state index >= 15 is 0 Å². The molecule has 4 heteroatoms. The molecule has 1 aromatic rings. The van der Waals surface area contributed by atoms with Crippen molar-refractivity contribution in [3.8, 4) is 5.75 Å². The predicted octanol–water partition coefficient (Wildman–Crippen LogP) is 2.67. The molecule has 0 aliphatic rings. The molecule has 2 N–H and O–H groups in total. The molecule has 0 radical (unpaired) electrons. The first-order valence-electron chi connectivity index (χ1n) is 5.18. The van der Waals surface area contributed by atoms with Crippen LogP contribution in [0.3, 0.4) is 0 Å². The van der Waals surface area contributed by atoms with E-state index in [2.05, 4.69) is 21.2 Å². The Balaban J connectivity index is 2.53. The van der Waals surface area contributed by atoms with Crippen LogP contribution in [0.15, 0.2) is 22.7 Å². The van der Waals surface area contributed by atoms with Gasteiger partial charge in [-0.25, -0.2) is 0 Å². The van der Waals surface area contributed by atoms with Crippen LogP contribution in [0, 0.1) is 0 Å². The zero-order valence-corrected chi connectivity index (χ0v) is 11.5. The van der Waals surface area contributed by atoms with Crippen molar-refractivity contribution >= 4 is 15.9 Å². The van der Waals surface area contributed by atoms with Crippen LogP contribution in [0.2, 0.25) is 0 Å². The van der Waals surface area contributed by atoms with Crippen molar-refractivity contribution in [3.63, 3.8) is 0 Å². The predicted molar refractivity (Wildman–Crippen MR) is 68.6 cm³/mol. The van der Waals surface area contributed by atoms with E-state index in [9.17, 15) is 5.11 Å². The number of rotatable bonds is 5. The third-order valence-corrected chi connectivity index (χ3v) is 3.13. The van der Waals surface area contributed by atoms with E-state index in [0.717, 1.165) is 16.6 Å². The molecule has 0 aliphatic heterocycles. The molecule has 0 saturated heterocycles. The molecule has 0 aliphatic carbocycles. The van der Waals surface area contributed by atoms with Crippen LogP contribution in [-0.4, -0.2) is 24.4 Å². The van der Waals surface area contributed by atoms with E-state index in [1.165, 1.54) is 0 Å². The summed E-state index contributed by atoms with van der Waals surface area (Å²) in [4.78, 5) is 0. The number of methoxy groups -OCH3 is 1. The molecule has 0 heterocycles. The summed E-state index contributed by atoms with van der Waals surface area (Å²) < 4.78 is 6.02. The van der Waals surface area contributed by atoms with E-state index in [1.54, 1.807) is 7.11 Å². The number of para-hydroxylation sites is 1. The maximum atomic E-state index is 9.77. The standard InChI is InChI=1S/C12H18BrNO2/c1-12(2,16-3)8-14-7-9-5-4-6-10(13)11(9)15/h4-6,14-15H,7-8H2,1-3H3. The van der Waals surface area contributed by atoms with Gasteiger partial charge in [0.15, 0.2) is 0 Å². The molecule has 0 saturated carbocycles. The molecule has 0 aromatic heterocycles. The van der Waals surface area contributed by atoms with Gasteiger partial charge in [0.25, 0.3) is 0 Å². The lowest BCUT2D eigenvalue weighted by Gasteiger charge is -2.23. The fourth-order valence-electron chi connectivity index (χ4n) is 1.27. The smallest absolute Gasteiger partial charge is 0.134 e. The maximum Gasteiger partial charge on any atom is 0.134 e. The topological polar surface area (TPSA) is 41.5 Å². The molecule has 0 spiro atoms. The minimum Gasteiger partial charge on any atom is -0.506 e. The first-order valence-corrected chi connectivity index (χ1v) is 5.98. The largest absolute Gasteiger partial charge is 0.506 e. The Morgan fingerprint density at radius 2 is 2.12 bits per heavy atom. The summed E-state index contributed by atoms with van der Waals surface area (Å²) >= 11 is 3.29. The highest BCUT2D eigenvalue weighted by Crippen LogP contribution is 2.27. The molecule has 90 valence electrons. The minimum atomic E-state index is -0.193. The van der Waals surface area contributed by atoms with Crippen LogP contribution < -0.4 is 5.32 Å². The highest BCUT2D eigenvalue weighted by molar-refractivity contribution is 9.10. The SMILES string of the molecule is COC(C)(C)CNCc1cccc(Br)c1O. The number of aromatic hydroxyl groups is 1. The second-order valence-electron chi connectivity index (χ2n) is 4.31. The average molecular weight is 288 g/mol. The molecule has 1 aromatic carbocycles. The Hall–Kier alpha value is -0.580. The second kappa shape index (κ2) is 5.66. The lowest BCUT2D eigenvalue weighted by Crippen LogP contribution is -2.36. The normalized spacial score (nSPS) is 11.8. The Morgan fingerprint density at radius 3 is 2.75 bits per heavy atom. The monoisotopic (exact) mass is 287 g/mol. The number of hydrogen-bond acceptors (Lipinski definition) is 3. The first-order chi connectivity index (χ1) is 7.46. The molecular formula is C12H18BrNO2. The number of phenolic OH excluding ortho intramolecular Hbond substituents is 1. The van der Waals surface area contributed by atoms with E-state index in [0.29, 0.717) is 12.3 Å². The van der Waals surface area contributed by atoms with E-state index in [1.807, 2.05) is 32.0 Å². The maximum absolute atomic E-state index is 9.77. The van der Waals surface area contributed by atoms with Crippen molar-refractivity contribution in [3.05, 3.63) is 28.2 Å². The molecule has 0 unspecified atom stereocenters. The number of hydrogen-bond donors (Lipinski definition) is 2. The van der Waals surface area contributed by atoms with Gasteiger partial charge in [-0.15, -0.1) is 0 Å². The number of nitrogens with one attached hydrogen (secondary N) is 1. The third kappa shape index (κ3) is 3.77. The Morgan fingerprint density at radius 1 is 1.44 bits per heavy atom. The minimum absolute atomic E-state index is 0.193. The van der Waals surface area contributed by atoms with Gasteiger partial charge in [-0.1, -0.05) is 12.1 Å². The van der Waals surface area contributed by atoms with Gasteiger partial charge >= 0.3 is 0 Å². The summed E-state index contributed by atoms with van der Waals surface area (Å²) in [6.07, 6.45) is 0. The summed E-state index contributed by atoms with van der Waals surface area (Å²) in [5.41, 5.74) is 0.683. The molecule has 0 amide bonds. The van der Waals surface area contributed by atoms with Crippen molar-refractivity contribution in [2.24, 2.45) is 0 Å². The van der Waals surface area contributed by atoms with Crippen molar-refractivity contribution in [1.29, 1.82) is 0 Å². The van der Waals surface area contributed by atoms with Gasteiger partial charge in [-0.2, -0.15) is 0 Å². The number of phenols is 1. The van der Waals surface area contributed by atoms with Crippen LogP contribution in [0.4, 0.5) is 0 Å². The van der Waals surface area contributed by atoms with Crippen LogP contribution in [0.1, 0.15) is 19.4 Å². The van der Waals surface area contributed by atoms with Crippen LogP contribution in [0.5, 0.6) is 5.75 Å². The molecule has 0 bridgehead atoms. The lowest BCUT2D eigenvalue weighted by atomic mass is 10.1. The summed E-state index contributed by atoms with van der Waals surface area (Å²) in [5.74, 6) is 0.297. The third-order valence-electron chi connectivity index (χ3n) is 2.49. The first kappa shape index (κ1) is 13.5. The molecule has 3 nitrogen and oxygen atoms in total. The zero-order valence-electron chi connectivity index (χ0n) is 9.88. The highest BCUT2D eigenvalue weighted by Gasteiger charge is 2.15. The van der Waals surface area contributed by atoms with Gasteiger partial charge in [0.2, 0.25) is 0 Å². The Kier molecular flexibility index (Phi) is 4.77. The second-order valence-corrected chi connectivity index (χ2v) is 5.17. The summed E-state index contributed by atoms with van der Waals surface area (Å²) in [7, 11) is 1.69. The van der Waals surface area contributed by atoms with Gasteiger partial charge in [-0.3, -0.25) is 0 Å². The van der Waals surface area contributed by atoms with Crippen molar-refractivity contribution in [1.82, 2.24) is 5.32 Å². The van der Waals surface area contributed by atoms with E-state index in [4.69, 9.17) is 4.74 Å². The van der Waals surface area contributed by atoms with E-state index < -0.39 is 0 Å². The number of halogens is 1. The van der Waals surface area contributed by atoms with Crippen LogP contribution in [-0.2, 0) is 11.3 Å². The highest BCUT2D eigenvalue weighted by atomic mass is 79.9. The molecule has 1 rings (SSSR count). The van der Waals surface area contributed by atoms with Crippen LogP contribution in [0.25, 0.3) is 0 Å². The quantitative estimate of drug-likeness (QED) is 0.875. The van der Waals surface area contributed by atoms with Gasteiger partial charge in [0, 0.05) is 25.8 Å². The van der Waals surface area contributed by atoms with Gasteiger partial charge in [0.05, 0.1) is 10.1 Å².